The van der Waals surface area contributed by atoms with E-state index >= 15 is 0 Å². The highest BCUT2D eigenvalue weighted by molar-refractivity contribution is 7.14. The number of hydrogen-bond acceptors (Lipinski definition) is 7. The van der Waals surface area contributed by atoms with Crippen molar-refractivity contribution < 1.29 is 14.3 Å². The van der Waals surface area contributed by atoms with Crippen molar-refractivity contribution in [3.63, 3.8) is 0 Å². The average molecular weight is 546 g/mol. The van der Waals surface area contributed by atoms with Gasteiger partial charge < -0.3 is 19.9 Å². The van der Waals surface area contributed by atoms with E-state index < -0.39 is 0 Å². The molecule has 9 heteroatoms. The number of piperidine rings is 3. The molecule has 4 fully saturated rings. The van der Waals surface area contributed by atoms with Gasteiger partial charge in [0.15, 0.2) is 0 Å². The summed E-state index contributed by atoms with van der Waals surface area (Å²) in [5, 5.41) is 13.9. The van der Waals surface area contributed by atoms with Crippen LogP contribution in [0.4, 0.5) is 0 Å². The Bertz CT molecular complexity index is 1350. The summed E-state index contributed by atoms with van der Waals surface area (Å²) in [7, 11) is 0. The topological polar surface area (TPSA) is 87.7 Å². The van der Waals surface area contributed by atoms with Gasteiger partial charge in [0, 0.05) is 67.3 Å². The third-order valence-corrected chi connectivity index (χ3v) is 9.50. The quantitative estimate of drug-likeness (QED) is 0.418. The maximum Gasteiger partial charge on any atom is 0.251 e. The molecule has 2 aromatic carbocycles. The van der Waals surface area contributed by atoms with Crippen LogP contribution in [-0.4, -0.2) is 63.5 Å². The van der Waals surface area contributed by atoms with Gasteiger partial charge in [-0.05, 0) is 62.1 Å². The van der Waals surface area contributed by atoms with Crippen molar-refractivity contribution in [3.8, 4) is 22.1 Å². The summed E-state index contributed by atoms with van der Waals surface area (Å²) in [6, 6.07) is 13.4. The Hall–Kier alpha value is -3.30. The molecule has 1 N–H and O–H groups in total. The van der Waals surface area contributed by atoms with E-state index in [0.717, 1.165) is 73.0 Å². The number of amides is 2. The van der Waals surface area contributed by atoms with Crippen LogP contribution in [0.3, 0.4) is 0 Å². The lowest BCUT2D eigenvalue weighted by Gasteiger charge is -2.48. The van der Waals surface area contributed by atoms with Crippen LogP contribution in [0.5, 0.6) is 11.5 Å². The summed E-state index contributed by atoms with van der Waals surface area (Å²) in [6.45, 7) is 8.57. The van der Waals surface area contributed by atoms with Crippen LogP contribution in [0.1, 0.15) is 72.8 Å². The monoisotopic (exact) mass is 545 g/mol. The third kappa shape index (κ3) is 5.56. The molecule has 0 unspecified atom stereocenters. The maximum absolute atomic E-state index is 13.4. The second kappa shape index (κ2) is 10.7. The van der Waals surface area contributed by atoms with Crippen LogP contribution in [-0.2, 0) is 11.3 Å². The molecule has 0 aliphatic carbocycles. The van der Waals surface area contributed by atoms with Crippen LogP contribution in [0.2, 0.25) is 0 Å². The van der Waals surface area contributed by atoms with Crippen molar-refractivity contribution in [2.24, 2.45) is 0 Å². The second-order valence-electron chi connectivity index (χ2n) is 11.3. The SMILES string of the molecule is CC(C)c1nnc(-c2ccc(Oc3cc(C(=O)NC45CCN(CC4)CC5)ccc3CN3CCCC3=O)cc2)s1. The number of likely N-dealkylation sites (tertiary alicyclic amines) is 1. The maximum atomic E-state index is 13.4. The fourth-order valence-electron chi connectivity index (χ4n) is 5.70. The van der Waals surface area contributed by atoms with E-state index in [9.17, 15) is 9.59 Å². The molecule has 4 saturated heterocycles. The summed E-state index contributed by atoms with van der Waals surface area (Å²) in [6.07, 6.45) is 4.45. The molecule has 8 nitrogen and oxygen atoms in total. The molecule has 4 aliphatic heterocycles. The van der Waals surface area contributed by atoms with E-state index in [0.29, 0.717) is 35.9 Å². The predicted molar refractivity (Wildman–Crippen MR) is 151 cm³/mol. The zero-order chi connectivity index (χ0) is 27.0. The minimum absolute atomic E-state index is 0.0634. The number of aromatic nitrogens is 2. The fourth-order valence-corrected chi connectivity index (χ4v) is 6.55. The minimum Gasteiger partial charge on any atom is -0.457 e. The molecule has 39 heavy (non-hydrogen) atoms. The first-order chi connectivity index (χ1) is 18.9. The molecule has 204 valence electrons. The standard InChI is InChI=1S/C30H35N5O3S/c1-20(2)28-32-33-29(39-28)21-7-9-24(10-8-21)38-25-18-22(5-6-23(25)19-35-14-3-4-26(35)36)27(37)31-30-11-15-34(16-12-30)17-13-30/h5-10,18,20H,3-4,11-17,19H2,1-2H3,(H,31,37). The molecule has 0 radical (unpaired) electrons. The van der Waals surface area contributed by atoms with E-state index in [1.54, 1.807) is 11.3 Å². The van der Waals surface area contributed by atoms with Gasteiger partial charge in [0.25, 0.3) is 5.91 Å². The number of ether oxygens (including phenoxy) is 1. The first kappa shape index (κ1) is 26.0. The molecular weight excluding hydrogens is 510 g/mol. The highest BCUT2D eigenvalue weighted by atomic mass is 32.1. The van der Waals surface area contributed by atoms with Gasteiger partial charge in [0.2, 0.25) is 5.91 Å². The average Bonchev–Trinajstić information content (AvgIpc) is 3.60. The van der Waals surface area contributed by atoms with Crippen molar-refractivity contribution in [2.75, 3.05) is 26.2 Å². The molecular formula is C30H35N5O3S. The molecule has 0 spiro atoms. The van der Waals surface area contributed by atoms with Gasteiger partial charge in [-0.2, -0.15) is 0 Å². The van der Waals surface area contributed by atoms with Crippen LogP contribution in [0, 0.1) is 0 Å². The van der Waals surface area contributed by atoms with Gasteiger partial charge in [-0.15, -0.1) is 10.2 Å². The molecule has 5 heterocycles. The van der Waals surface area contributed by atoms with Crippen LogP contribution >= 0.6 is 11.3 Å². The normalized spacial score (nSPS) is 22.5. The van der Waals surface area contributed by atoms with Crippen molar-refractivity contribution >= 4 is 23.2 Å². The largest absolute Gasteiger partial charge is 0.457 e. The Balaban J connectivity index is 1.24. The molecule has 0 atom stereocenters. The number of carbonyl (C=O) groups is 2. The van der Waals surface area contributed by atoms with Crippen LogP contribution in [0.25, 0.3) is 10.6 Å². The molecule has 3 aromatic rings. The van der Waals surface area contributed by atoms with Crippen molar-refractivity contribution in [1.29, 1.82) is 0 Å². The number of carbonyl (C=O) groups excluding carboxylic acids is 2. The van der Waals surface area contributed by atoms with Crippen LogP contribution in [0.15, 0.2) is 42.5 Å². The molecule has 2 bridgehead atoms. The number of hydrogen-bond donors (Lipinski definition) is 1. The number of fused-ring (bicyclic) bond motifs is 3. The number of nitrogens with one attached hydrogen (secondary N) is 1. The highest BCUT2D eigenvalue weighted by Gasteiger charge is 2.40. The van der Waals surface area contributed by atoms with Crippen molar-refractivity contribution in [1.82, 2.24) is 25.3 Å². The molecule has 4 aliphatic rings. The van der Waals surface area contributed by atoms with Crippen LogP contribution < -0.4 is 10.1 Å². The summed E-state index contributed by atoms with van der Waals surface area (Å²) in [5.74, 6) is 1.70. The van der Waals surface area contributed by atoms with Gasteiger partial charge in [0.1, 0.15) is 21.5 Å². The Morgan fingerprint density at radius 3 is 2.44 bits per heavy atom. The molecule has 1 aromatic heterocycles. The Morgan fingerprint density at radius 2 is 1.79 bits per heavy atom. The number of benzene rings is 2. The van der Waals surface area contributed by atoms with Gasteiger partial charge in [-0.25, -0.2) is 0 Å². The van der Waals surface area contributed by atoms with E-state index in [-0.39, 0.29) is 17.4 Å². The van der Waals surface area contributed by atoms with Gasteiger partial charge in [0.05, 0.1) is 0 Å². The van der Waals surface area contributed by atoms with E-state index in [1.807, 2.05) is 47.4 Å². The van der Waals surface area contributed by atoms with Gasteiger partial charge in [-0.1, -0.05) is 31.3 Å². The smallest absolute Gasteiger partial charge is 0.251 e. The van der Waals surface area contributed by atoms with Crippen molar-refractivity contribution in [3.05, 3.63) is 58.6 Å². The lowest BCUT2D eigenvalue weighted by atomic mass is 9.80. The summed E-state index contributed by atoms with van der Waals surface area (Å²) >= 11 is 1.60. The van der Waals surface area contributed by atoms with Gasteiger partial charge in [-0.3, -0.25) is 9.59 Å². The zero-order valence-electron chi connectivity index (χ0n) is 22.6. The lowest BCUT2D eigenvalue weighted by Crippen LogP contribution is -2.61. The highest BCUT2D eigenvalue weighted by Crippen LogP contribution is 2.34. The summed E-state index contributed by atoms with van der Waals surface area (Å²) in [4.78, 5) is 30.1. The van der Waals surface area contributed by atoms with E-state index in [1.165, 1.54) is 0 Å². The Labute approximate surface area is 233 Å². The Kier molecular flexibility index (Phi) is 7.12. The number of nitrogens with zero attached hydrogens (tertiary/aromatic N) is 4. The summed E-state index contributed by atoms with van der Waals surface area (Å²) in [5.41, 5.74) is 2.35. The second-order valence-corrected chi connectivity index (χ2v) is 12.3. The molecule has 0 saturated carbocycles. The molecule has 2 amide bonds. The van der Waals surface area contributed by atoms with Gasteiger partial charge >= 0.3 is 0 Å². The fraction of sp³-hybridized carbons (Fsp3) is 0.467. The van der Waals surface area contributed by atoms with Crippen molar-refractivity contribution in [2.45, 2.75) is 64.0 Å². The van der Waals surface area contributed by atoms with E-state index in [4.69, 9.17) is 4.74 Å². The first-order valence-corrected chi connectivity index (χ1v) is 14.8. The third-order valence-electron chi connectivity index (χ3n) is 8.22. The predicted octanol–water partition coefficient (Wildman–Crippen LogP) is 5.21. The van der Waals surface area contributed by atoms with E-state index in [2.05, 4.69) is 34.3 Å². The zero-order valence-corrected chi connectivity index (χ0v) is 23.4. The Morgan fingerprint density at radius 1 is 1.05 bits per heavy atom. The molecule has 7 rings (SSSR count). The minimum atomic E-state index is -0.108. The summed E-state index contributed by atoms with van der Waals surface area (Å²) < 4.78 is 6.37. The number of rotatable bonds is 8. The first-order valence-electron chi connectivity index (χ1n) is 13.9. The lowest BCUT2D eigenvalue weighted by molar-refractivity contribution is -0.128.